The average molecular weight is 284 g/mol. The van der Waals surface area contributed by atoms with Crippen LogP contribution in [0.5, 0.6) is 0 Å². The molecule has 0 bridgehead atoms. The number of aliphatic hydroxyl groups is 1. The number of aliphatic hydroxyl groups excluding tert-OH is 1. The molecule has 0 radical (unpaired) electrons. The minimum absolute atomic E-state index is 0.0809. The van der Waals surface area contributed by atoms with Gasteiger partial charge in [-0.05, 0) is 43.4 Å². The van der Waals surface area contributed by atoms with Crippen LogP contribution in [-0.4, -0.2) is 25.7 Å². The lowest BCUT2D eigenvalue weighted by Gasteiger charge is -2.25. The van der Waals surface area contributed by atoms with Gasteiger partial charge in [0.1, 0.15) is 0 Å². The first-order valence-corrected chi connectivity index (χ1v) is 7.99. The van der Waals surface area contributed by atoms with E-state index in [1.807, 2.05) is 0 Å². The first kappa shape index (κ1) is 14.5. The normalized spacial score (nSPS) is 24.3. The Morgan fingerprint density at radius 2 is 1.74 bits per heavy atom. The summed E-state index contributed by atoms with van der Waals surface area (Å²) in [5, 5.41) is 9.41. The molecule has 2 rings (SSSR count). The molecule has 0 aromatic heterocycles. The van der Waals surface area contributed by atoms with Crippen LogP contribution in [0.4, 0.5) is 0 Å². The van der Waals surface area contributed by atoms with E-state index in [9.17, 15) is 13.5 Å². The highest BCUT2D eigenvalue weighted by atomic mass is 32.2. The summed E-state index contributed by atoms with van der Waals surface area (Å²) in [4.78, 5) is 0.260. The standard InChI is InChI=1S/C13H20N2O3S/c14-9-10-1-7-13(8-2-10)19(17,18)15-11-3-5-12(16)6-4-11/h1-2,7-8,11-12,15-16H,3-6,9,14H2. The Hall–Kier alpha value is -0.950. The Kier molecular flexibility index (Phi) is 4.57. The molecule has 0 spiro atoms. The molecule has 1 saturated carbocycles. The van der Waals surface area contributed by atoms with Gasteiger partial charge >= 0.3 is 0 Å². The van der Waals surface area contributed by atoms with E-state index in [0.29, 0.717) is 32.2 Å². The van der Waals surface area contributed by atoms with Crippen molar-refractivity contribution in [1.82, 2.24) is 4.72 Å². The lowest BCUT2D eigenvalue weighted by molar-refractivity contribution is 0.120. The summed E-state index contributed by atoms with van der Waals surface area (Å²) in [6.07, 6.45) is 2.38. The molecule has 4 N–H and O–H groups in total. The van der Waals surface area contributed by atoms with Crippen molar-refractivity contribution in [3.63, 3.8) is 0 Å². The van der Waals surface area contributed by atoms with Crippen LogP contribution in [0.15, 0.2) is 29.2 Å². The largest absolute Gasteiger partial charge is 0.393 e. The quantitative estimate of drug-likeness (QED) is 0.760. The van der Waals surface area contributed by atoms with Gasteiger partial charge in [0.25, 0.3) is 0 Å². The van der Waals surface area contributed by atoms with Crippen LogP contribution in [0.1, 0.15) is 31.2 Å². The molecule has 5 nitrogen and oxygen atoms in total. The monoisotopic (exact) mass is 284 g/mol. The zero-order chi connectivity index (χ0) is 13.9. The minimum Gasteiger partial charge on any atom is -0.393 e. The Morgan fingerprint density at radius 1 is 1.16 bits per heavy atom. The highest BCUT2D eigenvalue weighted by molar-refractivity contribution is 7.89. The smallest absolute Gasteiger partial charge is 0.240 e. The second-order valence-corrected chi connectivity index (χ2v) is 6.69. The van der Waals surface area contributed by atoms with Crippen molar-refractivity contribution >= 4 is 10.0 Å². The third kappa shape index (κ3) is 3.76. The number of nitrogens with two attached hydrogens (primary N) is 1. The third-order valence-corrected chi connectivity index (χ3v) is 5.02. The first-order valence-electron chi connectivity index (χ1n) is 6.50. The molecule has 0 saturated heterocycles. The molecule has 6 heteroatoms. The minimum atomic E-state index is -3.47. The van der Waals surface area contributed by atoms with Gasteiger partial charge in [0.2, 0.25) is 10.0 Å². The van der Waals surface area contributed by atoms with E-state index in [2.05, 4.69) is 4.72 Å². The summed E-state index contributed by atoms with van der Waals surface area (Å²) < 4.78 is 27.1. The fourth-order valence-electron chi connectivity index (χ4n) is 2.29. The maximum Gasteiger partial charge on any atom is 0.240 e. The van der Waals surface area contributed by atoms with Gasteiger partial charge in [-0.3, -0.25) is 0 Å². The van der Waals surface area contributed by atoms with Gasteiger partial charge in [-0.1, -0.05) is 12.1 Å². The molecule has 1 aromatic carbocycles. The van der Waals surface area contributed by atoms with Gasteiger partial charge in [0, 0.05) is 12.6 Å². The molecule has 0 aliphatic heterocycles. The molecule has 1 aromatic rings. The van der Waals surface area contributed by atoms with Crippen LogP contribution >= 0.6 is 0 Å². The predicted octanol–water partition coefficient (Wildman–Crippen LogP) is 0.727. The molecule has 1 aliphatic carbocycles. The van der Waals surface area contributed by atoms with E-state index in [1.165, 1.54) is 0 Å². The molecule has 0 unspecified atom stereocenters. The maximum absolute atomic E-state index is 12.2. The number of nitrogens with one attached hydrogen (secondary N) is 1. The highest BCUT2D eigenvalue weighted by Gasteiger charge is 2.24. The van der Waals surface area contributed by atoms with Crippen LogP contribution < -0.4 is 10.5 Å². The Labute approximate surface area is 113 Å². The number of sulfonamides is 1. The molecular weight excluding hydrogens is 264 g/mol. The molecule has 19 heavy (non-hydrogen) atoms. The Morgan fingerprint density at radius 3 is 2.26 bits per heavy atom. The Balaban J connectivity index is 2.05. The predicted molar refractivity (Wildman–Crippen MR) is 72.9 cm³/mol. The van der Waals surface area contributed by atoms with E-state index < -0.39 is 10.0 Å². The number of hydrogen-bond acceptors (Lipinski definition) is 4. The Bertz CT molecular complexity index is 505. The number of rotatable bonds is 4. The van der Waals surface area contributed by atoms with Crippen LogP contribution in [-0.2, 0) is 16.6 Å². The van der Waals surface area contributed by atoms with E-state index in [-0.39, 0.29) is 17.0 Å². The lowest BCUT2D eigenvalue weighted by atomic mass is 9.94. The van der Waals surface area contributed by atoms with E-state index in [1.54, 1.807) is 24.3 Å². The first-order chi connectivity index (χ1) is 9.01. The summed E-state index contributed by atoms with van der Waals surface area (Å²) in [6, 6.07) is 6.51. The van der Waals surface area contributed by atoms with Crippen molar-refractivity contribution in [1.29, 1.82) is 0 Å². The summed E-state index contributed by atoms with van der Waals surface area (Å²) in [7, 11) is -3.47. The second-order valence-electron chi connectivity index (χ2n) is 4.97. The molecule has 1 aliphatic rings. The van der Waals surface area contributed by atoms with Gasteiger partial charge in [0.05, 0.1) is 11.0 Å². The van der Waals surface area contributed by atoms with Gasteiger partial charge in [-0.25, -0.2) is 13.1 Å². The molecule has 0 heterocycles. The van der Waals surface area contributed by atoms with Crippen LogP contribution in [0.2, 0.25) is 0 Å². The summed E-state index contributed by atoms with van der Waals surface area (Å²) >= 11 is 0. The van der Waals surface area contributed by atoms with Gasteiger partial charge in [-0.15, -0.1) is 0 Å². The highest BCUT2D eigenvalue weighted by Crippen LogP contribution is 2.20. The molecule has 106 valence electrons. The second kappa shape index (κ2) is 6.00. The van der Waals surface area contributed by atoms with Crippen LogP contribution in [0, 0.1) is 0 Å². The fourth-order valence-corrected chi connectivity index (χ4v) is 3.59. The lowest BCUT2D eigenvalue weighted by Crippen LogP contribution is -2.38. The van der Waals surface area contributed by atoms with Gasteiger partial charge in [-0.2, -0.15) is 0 Å². The molecule has 1 fully saturated rings. The van der Waals surface area contributed by atoms with Crippen LogP contribution in [0.25, 0.3) is 0 Å². The molecule has 0 amide bonds. The number of hydrogen-bond donors (Lipinski definition) is 3. The SMILES string of the molecule is NCc1ccc(S(=O)(=O)NC2CCC(O)CC2)cc1. The summed E-state index contributed by atoms with van der Waals surface area (Å²) in [5.41, 5.74) is 6.39. The summed E-state index contributed by atoms with van der Waals surface area (Å²) in [5.74, 6) is 0. The molecular formula is C13H20N2O3S. The van der Waals surface area contributed by atoms with Gasteiger partial charge in [0.15, 0.2) is 0 Å². The van der Waals surface area contributed by atoms with Crippen molar-refractivity contribution in [2.45, 2.75) is 49.3 Å². The van der Waals surface area contributed by atoms with E-state index in [0.717, 1.165) is 5.56 Å². The van der Waals surface area contributed by atoms with E-state index >= 15 is 0 Å². The fraction of sp³-hybridized carbons (Fsp3) is 0.538. The molecule has 0 atom stereocenters. The topological polar surface area (TPSA) is 92.4 Å². The van der Waals surface area contributed by atoms with Crippen molar-refractivity contribution in [2.24, 2.45) is 5.73 Å². The zero-order valence-electron chi connectivity index (χ0n) is 10.7. The maximum atomic E-state index is 12.2. The van der Waals surface area contributed by atoms with Gasteiger partial charge < -0.3 is 10.8 Å². The summed E-state index contributed by atoms with van der Waals surface area (Å²) in [6.45, 7) is 0.397. The van der Waals surface area contributed by atoms with E-state index in [4.69, 9.17) is 5.73 Å². The average Bonchev–Trinajstić information content (AvgIpc) is 2.41. The van der Waals surface area contributed by atoms with Crippen molar-refractivity contribution in [3.8, 4) is 0 Å². The van der Waals surface area contributed by atoms with Crippen molar-refractivity contribution in [3.05, 3.63) is 29.8 Å². The number of benzene rings is 1. The zero-order valence-corrected chi connectivity index (χ0v) is 11.6. The van der Waals surface area contributed by atoms with Crippen LogP contribution in [0.3, 0.4) is 0 Å². The van der Waals surface area contributed by atoms with Crippen molar-refractivity contribution < 1.29 is 13.5 Å². The third-order valence-electron chi connectivity index (χ3n) is 3.49. The van der Waals surface area contributed by atoms with Crippen molar-refractivity contribution in [2.75, 3.05) is 0 Å².